The van der Waals surface area contributed by atoms with Crippen molar-refractivity contribution in [3.8, 4) is 22.8 Å². The zero-order valence-corrected chi connectivity index (χ0v) is 19.5. The van der Waals surface area contributed by atoms with Crippen LogP contribution in [0.1, 0.15) is 22.5 Å². The minimum atomic E-state index is -0.136. The molecular formula is C26H30N4O4. The van der Waals surface area contributed by atoms with E-state index in [2.05, 4.69) is 21.8 Å². The van der Waals surface area contributed by atoms with Gasteiger partial charge in [-0.2, -0.15) is 0 Å². The average Bonchev–Trinajstić information content (AvgIpc) is 3.54. The summed E-state index contributed by atoms with van der Waals surface area (Å²) in [5.41, 5.74) is 2.16. The molecule has 5 rings (SSSR count). The molecule has 0 saturated carbocycles. The fourth-order valence-electron chi connectivity index (χ4n) is 4.41. The first-order valence-corrected chi connectivity index (χ1v) is 11.7. The van der Waals surface area contributed by atoms with E-state index in [-0.39, 0.29) is 12.7 Å². The molecule has 0 radical (unpaired) electrons. The van der Waals surface area contributed by atoms with E-state index in [1.54, 1.807) is 0 Å². The third kappa shape index (κ3) is 5.08. The summed E-state index contributed by atoms with van der Waals surface area (Å²) < 4.78 is 16.6. The maximum atomic E-state index is 13.7. The van der Waals surface area contributed by atoms with Gasteiger partial charge in [-0.1, -0.05) is 36.4 Å². The molecule has 0 aliphatic carbocycles. The van der Waals surface area contributed by atoms with Gasteiger partial charge in [-0.15, -0.1) is 0 Å². The molecule has 1 saturated heterocycles. The molecule has 34 heavy (non-hydrogen) atoms. The van der Waals surface area contributed by atoms with Gasteiger partial charge in [-0.05, 0) is 37.7 Å². The third-order valence-corrected chi connectivity index (χ3v) is 6.40. The Balaban J connectivity index is 1.33. The zero-order chi connectivity index (χ0) is 23.3. The van der Waals surface area contributed by atoms with Crippen LogP contribution in [0.3, 0.4) is 0 Å². The number of rotatable bonds is 8. The van der Waals surface area contributed by atoms with Crippen LogP contribution in [0.5, 0.6) is 11.5 Å². The van der Waals surface area contributed by atoms with Gasteiger partial charge in [-0.25, -0.2) is 4.98 Å². The molecule has 0 bridgehead atoms. The second-order valence-electron chi connectivity index (χ2n) is 8.81. The number of hydrogen-bond acceptors (Lipinski definition) is 7. The van der Waals surface area contributed by atoms with Crippen molar-refractivity contribution in [2.24, 2.45) is 0 Å². The van der Waals surface area contributed by atoms with E-state index >= 15 is 0 Å². The van der Waals surface area contributed by atoms with Gasteiger partial charge < -0.3 is 28.6 Å². The van der Waals surface area contributed by atoms with Crippen molar-refractivity contribution in [1.82, 2.24) is 19.7 Å². The van der Waals surface area contributed by atoms with Gasteiger partial charge in [0.1, 0.15) is 0 Å². The van der Waals surface area contributed by atoms with E-state index in [0.29, 0.717) is 30.3 Å². The molecule has 0 unspecified atom stereocenters. The lowest BCUT2D eigenvalue weighted by atomic mass is 10.1. The lowest BCUT2D eigenvalue weighted by molar-refractivity contribution is 0.0723. The highest BCUT2D eigenvalue weighted by Crippen LogP contribution is 2.33. The highest BCUT2D eigenvalue weighted by molar-refractivity contribution is 5.97. The predicted molar refractivity (Wildman–Crippen MR) is 128 cm³/mol. The van der Waals surface area contributed by atoms with Gasteiger partial charge in [0, 0.05) is 44.8 Å². The molecule has 8 heteroatoms. The largest absolute Gasteiger partial charge is 0.454 e. The number of carbonyl (C=O) groups excluding carboxylic acids is 1. The molecular weight excluding hydrogens is 432 g/mol. The molecule has 0 spiro atoms. The first-order valence-electron chi connectivity index (χ1n) is 11.7. The van der Waals surface area contributed by atoms with Crippen LogP contribution in [0, 0.1) is 0 Å². The summed E-state index contributed by atoms with van der Waals surface area (Å²) in [6, 6.07) is 15.5. The van der Waals surface area contributed by atoms with Gasteiger partial charge in [0.15, 0.2) is 29.3 Å². The average molecular weight is 463 g/mol. The Morgan fingerprint density at radius 1 is 1.03 bits per heavy atom. The van der Waals surface area contributed by atoms with Crippen molar-refractivity contribution in [1.29, 1.82) is 0 Å². The summed E-state index contributed by atoms with van der Waals surface area (Å²) >= 11 is 0. The maximum absolute atomic E-state index is 13.7. The standard InChI is InChI=1S/C26H30N4O4/c1-28-12-14-29(15-13-28)10-5-11-30(17-20-8-9-22-23(16-20)34-19-33-22)26(31)24-25(32-18-27-24)21-6-3-2-4-7-21/h2-4,6-9,16,18H,5,10-15,17,19H2,1H3. The SMILES string of the molecule is CN1CCN(CCCN(Cc2ccc3c(c2)OCO3)C(=O)c2ncoc2-c2ccccc2)CC1. The van der Waals surface area contributed by atoms with E-state index in [1.807, 2.05) is 53.4 Å². The highest BCUT2D eigenvalue weighted by Gasteiger charge is 2.25. The van der Waals surface area contributed by atoms with Gasteiger partial charge in [0.25, 0.3) is 5.91 Å². The van der Waals surface area contributed by atoms with Crippen molar-refractivity contribution >= 4 is 5.91 Å². The van der Waals surface area contributed by atoms with Crippen LogP contribution >= 0.6 is 0 Å². The van der Waals surface area contributed by atoms with Gasteiger partial charge in [0.05, 0.1) is 0 Å². The Morgan fingerprint density at radius 3 is 2.65 bits per heavy atom. The molecule has 1 amide bonds. The first-order chi connectivity index (χ1) is 16.7. The number of likely N-dealkylation sites (N-methyl/N-ethyl adjacent to an activating group) is 1. The minimum absolute atomic E-state index is 0.136. The van der Waals surface area contributed by atoms with Gasteiger partial charge >= 0.3 is 0 Å². The van der Waals surface area contributed by atoms with Crippen LogP contribution in [0.4, 0.5) is 0 Å². The van der Waals surface area contributed by atoms with Crippen LogP contribution in [0.25, 0.3) is 11.3 Å². The Bertz CT molecular complexity index is 1110. The second kappa shape index (κ2) is 10.3. The summed E-state index contributed by atoms with van der Waals surface area (Å²) in [5, 5.41) is 0. The minimum Gasteiger partial charge on any atom is -0.454 e. The number of aromatic nitrogens is 1. The number of nitrogens with zero attached hydrogens (tertiary/aromatic N) is 4. The van der Waals surface area contributed by atoms with Crippen LogP contribution in [-0.2, 0) is 6.54 Å². The van der Waals surface area contributed by atoms with E-state index in [1.165, 1.54) is 6.39 Å². The number of fused-ring (bicyclic) bond motifs is 1. The Morgan fingerprint density at radius 2 is 1.82 bits per heavy atom. The number of piperazine rings is 1. The van der Waals surface area contributed by atoms with Crippen molar-refractivity contribution in [2.45, 2.75) is 13.0 Å². The molecule has 1 aromatic heterocycles. The predicted octanol–water partition coefficient (Wildman–Crippen LogP) is 3.35. The van der Waals surface area contributed by atoms with Crippen LogP contribution in [0.15, 0.2) is 59.3 Å². The molecule has 0 N–H and O–H groups in total. The number of carbonyl (C=O) groups is 1. The Kier molecular flexibility index (Phi) is 6.78. The summed E-state index contributed by atoms with van der Waals surface area (Å²) in [5.74, 6) is 1.82. The van der Waals surface area contributed by atoms with E-state index < -0.39 is 0 Å². The summed E-state index contributed by atoms with van der Waals surface area (Å²) in [7, 11) is 2.16. The zero-order valence-electron chi connectivity index (χ0n) is 19.5. The summed E-state index contributed by atoms with van der Waals surface area (Å²) in [6.07, 6.45) is 2.23. The molecule has 1 fully saturated rings. The first kappa shape index (κ1) is 22.4. The fourth-order valence-corrected chi connectivity index (χ4v) is 4.41. The lowest BCUT2D eigenvalue weighted by Gasteiger charge is -2.33. The van der Waals surface area contributed by atoms with Crippen LogP contribution in [0.2, 0.25) is 0 Å². The fraction of sp³-hybridized carbons (Fsp3) is 0.385. The number of oxazole rings is 1. The second-order valence-corrected chi connectivity index (χ2v) is 8.81. The highest BCUT2D eigenvalue weighted by atomic mass is 16.7. The smallest absolute Gasteiger partial charge is 0.276 e. The molecule has 2 aromatic carbocycles. The molecule has 3 aromatic rings. The topological polar surface area (TPSA) is 71.3 Å². The lowest BCUT2D eigenvalue weighted by Crippen LogP contribution is -2.45. The van der Waals surface area contributed by atoms with E-state index in [0.717, 1.165) is 56.0 Å². The normalized spacial score (nSPS) is 16.0. The summed E-state index contributed by atoms with van der Waals surface area (Å²) in [4.78, 5) is 24.7. The van der Waals surface area contributed by atoms with Gasteiger partial charge in [0.2, 0.25) is 6.79 Å². The quantitative estimate of drug-likeness (QED) is 0.508. The number of benzene rings is 2. The van der Waals surface area contributed by atoms with Crippen molar-refractivity contribution in [2.75, 3.05) is 53.1 Å². The summed E-state index contributed by atoms with van der Waals surface area (Å²) in [6.45, 7) is 6.56. The molecule has 3 heterocycles. The van der Waals surface area contributed by atoms with Crippen LogP contribution in [-0.4, -0.2) is 78.7 Å². The van der Waals surface area contributed by atoms with Gasteiger partial charge in [-0.3, -0.25) is 4.79 Å². The molecule has 8 nitrogen and oxygen atoms in total. The third-order valence-electron chi connectivity index (χ3n) is 6.40. The molecule has 2 aliphatic rings. The van der Waals surface area contributed by atoms with Crippen molar-refractivity contribution < 1.29 is 18.7 Å². The maximum Gasteiger partial charge on any atom is 0.276 e. The number of amides is 1. The van der Waals surface area contributed by atoms with Crippen LogP contribution < -0.4 is 9.47 Å². The molecule has 2 aliphatic heterocycles. The van der Waals surface area contributed by atoms with E-state index in [4.69, 9.17) is 13.9 Å². The Hall–Kier alpha value is -3.36. The molecule has 0 atom stereocenters. The van der Waals surface area contributed by atoms with Crippen molar-refractivity contribution in [3.63, 3.8) is 0 Å². The van der Waals surface area contributed by atoms with Crippen molar-refractivity contribution in [3.05, 3.63) is 66.2 Å². The molecule has 178 valence electrons. The Labute approximate surface area is 199 Å². The van der Waals surface area contributed by atoms with E-state index in [9.17, 15) is 4.79 Å². The number of ether oxygens (including phenoxy) is 2. The number of hydrogen-bond donors (Lipinski definition) is 0. The monoisotopic (exact) mass is 462 g/mol.